The van der Waals surface area contributed by atoms with Crippen LogP contribution < -0.4 is 5.32 Å². The van der Waals surface area contributed by atoms with Crippen molar-refractivity contribution >= 4 is 15.9 Å². The van der Waals surface area contributed by atoms with Crippen molar-refractivity contribution in [3.05, 3.63) is 29.8 Å². The molecule has 1 fully saturated rings. The van der Waals surface area contributed by atoms with Crippen LogP contribution in [-0.4, -0.2) is 62.2 Å². The fourth-order valence-electron chi connectivity index (χ4n) is 2.77. The van der Waals surface area contributed by atoms with Crippen LogP contribution >= 0.6 is 0 Å². The lowest BCUT2D eigenvalue weighted by Gasteiger charge is -2.32. The lowest BCUT2D eigenvalue weighted by Crippen LogP contribution is -2.46. The molecule has 1 heterocycles. The number of nitrogens with one attached hydrogen (secondary N) is 1. The number of rotatable bonds is 7. The zero-order chi connectivity index (χ0) is 18.5. The monoisotopic (exact) mass is 370 g/mol. The largest absolute Gasteiger partial charge is 0.388 e. The Bertz CT molecular complexity index is 677. The molecule has 2 N–H and O–H groups in total. The molecule has 8 heteroatoms. The molecule has 0 bridgehead atoms. The number of aliphatic hydroxyl groups is 1. The highest BCUT2D eigenvalue weighted by Gasteiger charge is 2.30. The van der Waals surface area contributed by atoms with Crippen LogP contribution in [0.1, 0.15) is 37.0 Å². The molecule has 0 atom stereocenters. The van der Waals surface area contributed by atoms with Gasteiger partial charge in [0.05, 0.1) is 10.5 Å². The lowest BCUT2D eigenvalue weighted by atomic mass is 9.94. The molecule has 0 saturated carbocycles. The number of nitrogens with zero attached hydrogens (tertiary/aromatic N) is 1. The van der Waals surface area contributed by atoms with Crippen molar-refractivity contribution < 1.29 is 23.1 Å². The summed E-state index contributed by atoms with van der Waals surface area (Å²) in [6.07, 6.45) is 0.961. The number of hydrogen-bond acceptors (Lipinski definition) is 5. The molecule has 0 radical (unpaired) electrons. The summed E-state index contributed by atoms with van der Waals surface area (Å²) in [5.41, 5.74) is -0.589. The SMILES string of the molecule is CCN(CC)S(=O)(=O)c1ccc(C(=O)NCC2(O)CCOCC2)cc1. The summed E-state index contributed by atoms with van der Waals surface area (Å²) >= 11 is 0. The van der Waals surface area contributed by atoms with Gasteiger partial charge in [0, 0.05) is 51.3 Å². The summed E-state index contributed by atoms with van der Waals surface area (Å²) < 4.78 is 31.4. The molecule has 7 nitrogen and oxygen atoms in total. The van der Waals surface area contributed by atoms with Crippen molar-refractivity contribution in [2.75, 3.05) is 32.8 Å². The highest BCUT2D eigenvalue weighted by Crippen LogP contribution is 2.20. The Morgan fingerprint density at radius 2 is 1.76 bits per heavy atom. The van der Waals surface area contributed by atoms with Crippen LogP contribution in [0.5, 0.6) is 0 Å². The van der Waals surface area contributed by atoms with Gasteiger partial charge in [0.2, 0.25) is 10.0 Å². The molecule has 1 aliphatic heterocycles. The third-order valence-electron chi connectivity index (χ3n) is 4.46. The van der Waals surface area contributed by atoms with Crippen molar-refractivity contribution in [1.82, 2.24) is 9.62 Å². The second-order valence-corrected chi connectivity index (χ2v) is 8.07. The van der Waals surface area contributed by atoms with Crippen molar-refractivity contribution in [3.8, 4) is 0 Å². The lowest BCUT2D eigenvalue weighted by molar-refractivity contribution is -0.0605. The summed E-state index contributed by atoms with van der Waals surface area (Å²) in [6.45, 7) is 5.45. The first-order valence-electron chi connectivity index (χ1n) is 8.51. The van der Waals surface area contributed by atoms with Crippen LogP contribution in [0.3, 0.4) is 0 Å². The van der Waals surface area contributed by atoms with Gasteiger partial charge in [-0.15, -0.1) is 0 Å². The van der Waals surface area contributed by atoms with Gasteiger partial charge in [-0.05, 0) is 24.3 Å². The molecule has 1 saturated heterocycles. The zero-order valence-corrected chi connectivity index (χ0v) is 15.5. The molecule has 1 amide bonds. The van der Waals surface area contributed by atoms with Crippen molar-refractivity contribution in [2.24, 2.45) is 0 Å². The number of benzene rings is 1. The van der Waals surface area contributed by atoms with E-state index < -0.39 is 15.6 Å². The van der Waals surface area contributed by atoms with E-state index in [1.165, 1.54) is 28.6 Å². The van der Waals surface area contributed by atoms with E-state index in [0.29, 0.717) is 44.7 Å². The summed E-state index contributed by atoms with van der Waals surface area (Å²) in [6, 6.07) is 5.84. The van der Waals surface area contributed by atoms with Gasteiger partial charge < -0.3 is 15.2 Å². The summed E-state index contributed by atoms with van der Waals surface area (Å²) in [4.78, 5) is 12.4. The Kier molecular flexibility index (Phi) is 6.56. The second kappa shape index (κ2) is 8.27. The van der Waals surface area contributed by atoms with Gasteiger partial charge in [-0.1, -0.05) is 13.8 Å². The molecular formula is C17H26N2O5S. The quantitative estimate of drug-likeness (QED) is 0.746. The smallest absolute Gasteiger partial charge is 0.251 e. The Morgan fingerprint density at radius 3 is 2.28 bits per heavy atom. The first-order chi connectivity index (χ1) is 11.8. The minimum atomic E-state index is -3.54. The van der Waals surface area contributed by atoms with E-state index in [1.54, 1.807) is 13.8 Å². The van der Waals surface area contributed by atoms with E-state index >= 15 is 0 Å². The van der Waals surface area contributed by atoms with Gasteiger partial charge in [-0.3, -0.25) is 4.79 Å². The van der Waals surface area contributed by atoms with Gasteiger partial charge in [0.1, 0.15) is 0 Å². The molecule has 0 aromatic heterocycles. The second-order valence-electron chi connectivity index (χ2n) is 6.13. The summed E-state index contributed by atoms with van der Waals surface area (Å²) in [5, 5.41) is 13.1. The predicted molar refractivity (Wildman–Crippen MR) is 93.9 cm³/mol. The van der Waals surface area contributed by atoms with Crippen molar-refractivity contribution in [1.29, 1.82) is 0 Å². The molecule has 1 aromatic carbocycles. The Labute approximate surface area is 149 Å². The van der Waals surface area contributed by atoms with E-state index in [1.807, 2.05) is 0 Å². The van der Waals surface area contributed by atoms with E-state index in [0.717, 1.165) is 0 Å². The Morgan fingerprint density at radius 1 is 1.20 bits per heavy atom. The van der Waals surface area contributed by atoms with Crippen molar-refractivity contribution in [2.45, 2.75) is 37.2 Å². The van der Waals surface area contributed by atoms with Gasteiger partial charge in [0.25, 0.3) is 5.91 Å². The maximum absolute atomic E-state index is 12.4. The summed E-state index contributed by atoms with van der Waals surface area (Å²) in [7, 11) is -3.54. The minimum absolute atomic E-state index is 0.148. The average Bonchev–Trinajstić information content (AvgIpc) is 2.61. The third-order valence-corrected chi connectivity index (χ3v) is 6.53. The molecule has 0 spiro atoms. The predicted octanol–water partition coefficient (Wildman–Crippen LogP) is 0.988. The molecular weight excluding hydrogens is 344 g/mol. The highest BCUT2D eigenvalue weighted by atomic mass is 32.2. The molecule has 2 rings (SSSR count). The van der Waals surface area contributed by atoms with Crippen LogP contribution in [0, 0.1) is 0 Å². The normalized spacial score (nSPS) is 17.4. The van der Waals surface area contributed by atoms with E-state index in [9.17, 15) is 18.3 Å². The molecule has 140 valence electrons. The van der Waals surface area contributed by atoms with E-state index in [-0.39, 0.29) is 17.3 Å². The van der Waals surface area contributed by atoms with E-state index in [4.69, 9.17) is 4.74 Å². The number of sulfonamides is 1. The van der Waals surface area contributed by atoms with Crippen LogP contribution in [0.25, 0.3) is 0 Å². The topological polar surface area (TPSA) is 95.9 Å². The highest BCUT2D eigenvalue weighted by molar-refractivity contribution is 7.89. The molecule has 1 aromatic rings. The molecule has 1 aliphatic rings. The first-order valence-corrected chi connectivity index (χ1v) is 9.95. The van der Waals surface area contributed by atoms with Crippen LogP contribution in [-0.2, 0) is 14.8 Å². The molecule has 0 aliphatic carbocycles. The number of hydrogen-bond donors (Lipinski definition) is 2. The van der Waals surface area contributed by atoms with Gasteiger partial charge >= 0.3 is 0 Å². The summed E-state index contributed by atoms with van der Waals surface area (Å²) in [5.74, 6) is -0.341. The Hall–Kier alpha value is -1.48. The first kappa shape index (κ1) is 19.8. The van der Waals surface area contributed by atoms with E-state index in [2.05, 4.69) is 5.32 Å². The average molecular weight is 370 g/mol. The number of ether oxygens (including phenoxy) is 1. The van der Waals surface area contributed by atoms with Crippen LogP contribution in [0.4, 0.5) is 0 Å². The number of carbonyl (C=O) groups is 1. The minimum Gasteiger partial charge on any atom is -0.388 e. The standard InChI is InChI=1S/C17H26N2O5S/c1-3-19(4-2)25(22,23)15-7-5-14(6-8-15)16(20)18-13-17(21)9-11-24-12-10-17/h5-8,21H,3-4,9-13H2,1-2H3,(H,18,20). The fourth-order valence-corrected chi connectivity index (χ4v) is 4.22. The maximum Gasteiger partial charge on any atom is 0.251 e. The van der Waals surface area contributed by atoms with Gasteiger partial charge in [0.15, 0.2) is 0 Å². The fraction of sp³-hybridized carbons (Fsp3) is 0.588. The zero-order valence-electron chi connectivity index (χ0n) is 14.7. The van der Waals surface area contributed by atoms with Crippen LogP contribution in [0.2, 0.25) is 0 Å². The molecule has 25 heavy (non-hydrogen) atoms. The number of amides is 1. The maximum atomic E-state index is 12.4. The number of carbonyl (C=O) groups excluding carboxylic acids is 1. The van der Waals surface area contributed by atoms with Crippen molar-refractivity contribution in [3.63, 3.8) is 0 Å². The van der Waals surface area contributed by atoms with Crippen LogP contribution in [0.15, 0.2) is 29.2 Å². The van der Waals surface area contributed by atoms with Gasteiger partial charge in [-0.25, -0.2) is 8.42 Å². The Balaban J connectivity index is 2.03. The van der Waals surface area contributed by atoms with Gasteiger partial charge in [-0.2, -0.15) is 4.31 Å². The third kappa shape index (κ3) is 4.78. The molecule has 0 unspecified atom stereocenters.